The normalized spacial score (nSPS) is 27.5. The van der Waals surface area contributed by atoms with Crippen LogP contribution in [0.4, 0.5) is 0 Å². The zero-order valence-electron chi connectivity index (χ0n) is 10.9. The smallest absolute Gasteiger partial charge is 0.241 e. The summed E-state index contributed by atoms with van der Waals surface area (Å²) < 4.78 is 22.2. The molecule has 0 saturated carbocycles. The second-order valence-electron chi connectivity index (χ2n) is 4.87. The van der Waals surface area contributed by atoms with Crippen LogP contribution in [-0.4, -0.2) is 50.0 Å². The van der Waals surface area contributed by atoms with Gasteiger partial charge in [0.1, 0.15) is 9.84 Å². The second kappa shape index (κ2) is 5.35. The molecule has 3 unspecified atom stereocenters. The van der Waals surface area contributed by atoms with E-state index >= 15 is 0 Å². The van der Waals surface area contributed by atoms with Crippen LogP contribution in [0.5, 0.6) is 0 Å². The van der Waals surface area contributed by atoms with E-state index in [-0.39, 0.29) is 36.3 Å². The lowest BCUT2D eigenvalue weighted by Crippen LogP contribution is -2.38. The molecule has 0 spiro atoms. The highest BCUT2D eigenvalue weighted by Crippen LogP contribution is 2.18. The van der Waals surface area contributed by atoms with Crippen LogP contribution in [0.15, 0.2) is 0 Å². The SMILES string of the molecule is CCC(C)C1NC(C)N(CCS(C)(=O)=O)C1=O. The van der Waals surface area contributed by atoms with Gasteiger partial charge < -0.3 is 4.90 Å². The maximum atomic E-state index is 12.1. The Bertz CT molecular complexity index is 380. The third-order valence-electron chi connectivity index (χ3n) is 3.35. The standard InChI is InChI=1S/C11H22N2O3S/c1-5-8(2)10-11(14)13(9(3)12-10)6-7-17(4,15)16/h8-10,12H,5-7H2,1-4H3. The highest BCUT2D eigenvalue weighted by Gasteiger charge is 2.38. The molecule has 1 saturated heterocycles. The monoisotopic (exact) mass is 262 g/mol. The number of rotatable bonds is 5. The minimum atomic E-state index is -3.02. The van der Waals surface area contributed by atoms with Crippen molar-refractivity contribution in [2.24, 2.45) is 5.92 Å². The van der Waals surface area contributed by atoms with Crippen molar-refractivity contribution in [3.8, 4) is 0 Å². The first-order valence-corrected chi connectivity index (χ1v) is 8.06. The minimum absolute atomic E-state index is 0.0236. The van der Waals surface area contributed by atoms with E-state index in [4.69, 9.17) is 0 Å². The molecule has 1 aliphatic rings. The van der Waals surface area contributed by atoms with Crippen LogP contribution in [0.1, 0.15) is 27.2 Å². The Kier molecular flexibility index (Phi) is 4.55. The summed E-state index contributed by atoms with van der Waals surface area (Å²) in [4.78, 5) is 13.7. The molecule has 3 atom stereocenters. The Morgan fingerprint density at radius 3 is 2.53 bits per heavy atom. The van der Waals surface area contributed by atoms with Gasteiger partial charge in [-0.2, -0.15) is 0 Å². The van der Waals surface area contributed by atoms with E-state index in [9.17, 15) is 13.2 Å². The topological polar surface area (TPSA) is 66.5 Å². The van der Waals surface area contributed by atoms with E-state index in [0.717, 1.165) is 6.42 Å². The molecule has 5 nitrogen and oxygen atoms in total. The van der Waals surface area contributed by atoms with Gasteiger partial charge in [0.25, 0.3) is 0 Å². The molecule has 6 heteroatoms. The largest absolute Gasteiger partial charge is 0.325 e. The van der Waals surface area contributed by atoms with Gasteiger partial charge in [0, 0.05) is 12.8 Å². The van der Waals surface area contributed by atoms with E-state index in [1.807, 2.05) is 20.8 Å². The van der Waals surface area contributed by atoms with Gasteiger partial charge in [-0.25, -0.2) is 8.42 Å². The molecule has 0 bridgehead atoms. The van der Waals surface area contributed by atoms with Crippen LogP contribution in [0.25, 0.3) is 0 Å². The average Bonchev–Trinajstić information content (AvgIpc) is 2.49. The number of nitrogens with one attached hydrogen (secondary N) is 1. The van der Waals surface area contributed by atoms with Gasteiger partial charge in [-0.3, -0.25) is 10.1 Å². The Balaban J connectivity index is 2.66. The fourth-order valence-corrected chi connectivity index (χ4v) is 2.53. The molecule has 0 aromatic carbocycles. The number of sulfone groups is 1. The molecule has 1 rings (SSSR count). The molecule has 1 N–H and O–H groups in total. The van der Waals surface area contributed by atoms with Crippen LogP contribution < -0.4 is 5.32 Å². The molecule has 1 heterocycles. The van der Waals surface area contributed by atoms with Crippen LogP contribution in [0, 0.1) is 5.92 Å². The molecule has 0 aliphatic carbocycles. The first kappa shape index (κ1) is 14.4. The summed E-state index contributed by atoms with van der Waals surface area (Å²) in [5, 5.41) is 3.22. The summed E-state index contributed by atoms with van der Waals surface area (Å²) >= 11 is 0. The zero-order valence-corrected chi connectivity index (χ0v) is 11.8. The van der Waals surface area contributed by atoms with Gasteiger partial charge >= 0.3 is 0 Å². The molecule has 100 valence electrons. The second-order valence-corrected chi connectivity index (χ2v) is 7.13. The summed E-state index contributed by atoms with van der Waals surface area (Å²) in [6.07, 6.45) is 2.04. The molecular formula is C11H22N2O3S. The summed E-state index contributed by atoms with van der Waals surface area (Å²) in [6.45, 7) is 6.24. The number of hydrogen-bond acceptors (Lipinski definition) is 4. The first-order valence-electron chi connectivity index (χ1n) is 6.00. The minimum Gasteiger partial charge on any atom is -0.325 e. The number of carbonyl (C=O) groups is 1. The molecule has 0 aromatic rings. The molecule has 1 fully saturated rings. The Labute approximate surface area is 103 Å². The maximum Gasteiger partial charge on any atom is 0.241 e. The number of amides is 1. The van der Waals surface area contributed by atoms with Crippen molar-refractivity contribution < 1.29 is 13.2 Å². The highest BCUT2D eigenvalue weighted by molar-refractivity contribution is 7.90. The van der Waals surface area contributed by atoms with Crippen molar-refractivity contribution in [2.45, 2.75) is 39.4 Å². The van der Waals surface area contributed by atoms with Crippen molar-refractivity contribution in [2.75, 3.05) is 18.6 Å². The molecule has 0 radical (unpaired) electrons. The molecule has 1 aliphatic heterocycles. The van der Waals surface area contributed by atoms with Crippen molar-refractivity contribution in [1.82, 2.24) is 10.2 Å². The molecule has 0 aromatic heterocycles. The molecule has 1 amide bonds. The molecular weight excluding hydrogens is 240 g/mol. The third kappa shape index (κ3) is 3.67. The van der Waals surface area contributed by atoms with Gasteiger partial charge in [0.2, 0.25) is 5.91 Å². The van der Waals surface area contributed by atoms with Gasteiger partial charge in [0.15, 0.2) is 0 Å². The van der Waals surface area contributed by atoms with Crippen molar-refractivity contribution >= 4 is 15.7 Å². The van der Waals surface area contributed by atoms with Gasteiger partial charge in [-0.1, -0.05) is 20.3 Å². The summed E-state index contributed by atoms with van der Waals surface area (Å²) in [5.41, 5.74) is 0. The van der Waals surface area contributed by atoms with E-state index in [2.05, 4.69) is 5.32 Å². The lowest BCUT2D eigenvalue weighted by Gasteiger charge is -2.20. The lowest BCUT2D eigenvalue weighted by molar-refractivity contribution is -0.130. The van der Waals surface area contributed by atoms with Crippen molar-refractivity contribution in [1.29, 1.82) is 0 Å². The van der Waals surface area contributed by atoms with E-state index in [1.54, 1.807) is 4.90 Å². The first-order chi connectivity index (χ1) is 7.76. The van der Waals surface area contributed by atoms with Crippen molar-refractivity contribution in [3.63, 3.8) is 0 Å². The summed E-state index contributed by atoms with van der Waals surface area (Å²) in [5.74, 6) is 0.321. The highest BCUT2D eigenvalue weighted by atomic mass is 32.2. The van der Waals surface area contributed by atoms with Gasteiger partial charge in [0.05, 0.1) is 18.0 Å². The Hall–Kier alpha value is -0.620. The van der Waals surface area contributed by atoms with E-state index in [1.165, 1.54) is 6.26 Å². The van der Waals surface area contributed by atoms with Crippen LogP contribution in [0.2, 0.25) is 0 Å². The van der Waals surface area contributed by atoms with Gasteiger partial charge in [-0.15, -0.1) is 0 Å². The zero-order chi connectivity index (χ0) is 13.2. The van der Waals surface area contributed by atoms with Gasteiger partial charge in [-0.05, 0) is 12.8 Å². The maximum absolute atomic E-state index is 12.1. The predicted octanol–water partition coefficient (Wildman–Crippen LogP) is 0.224. The fourth-order valence-electron chi connectivity index (χ4n) is 2.00. The quantitative estimate of drug-likeness (QED) is 0.770. The molecule has 17 heavy (non-hydrogen) atoms. The van der Waals surface area contributed by atoms with E-state index < -0.39 is 9.84 Å². The summed E-state index contributed by atoms with van der Waals surface area (Å²) in [7, 11) is -3.02. The van der Waals surface area contributed by atoms with Crippen LogP contribution in [-0.2, 0) is 14.6 Å². The average molecular weight is 262 g/mol. The van der Waals surface area contributed by atoms with Crippen LogP contribution in [0.3, 0.4) is 0 Å². The van der Waals surface area contributed by atoms with Crippen LogP contribution >= 0.6 is 0 Å². The fraction of sp³-hybridized carbons (Fsp3) is 0.909. The lowest BCUT2D eigenvalue weighted by atomic mass is 9.99. The third-order valence-corrected chi connectivity index (χ3v) is 4.28. The number of hydrogen-bond donors (Lipinski definition) is 1. The van der Waals surface area contributed by atoms with Crippen molar-refractivity contribution in [3.05, 3.63) is 0 Å². The number of carbonyl (C=O) groups excluding carboxylic acids is 1. The Morgan fingerprint density at radius 2 is 2.06 bits per heavy atom. The predicted molar refractivity (Wildman–Crippen MR) is 67.3 cm³/mol. The Morgan fingerprint density at radius 1 is 1.47 bits per heavy atom. The number of nitrogens with zero attached hydrogens (tertiary/aromatic N) is 1. The summed E-state index contributed by atoms with van der Waals surface area (Å²) in [6, 6.07) is -0.172. The van der Waals surface area contributed by atoms with E-state index in [0.29, 0.717) is 0 Å².